The smallest absolute Gasteiger partial charge is 0.416 e. The number of anilines is 1. The van der Waals surface area contributed by atoms with Crippen molar-refractivity contribution in [2.24, 2.45) is 5.92 Å². The van der Waals surface area contributed by atoms with Gasteiger partial charge in [-0.15, -0.1) is 0 Å². The minimum Gasteiger partial charge on any atom is -0.467 e. The molecule has 0 spiro atoms. The molecule has 2 amide bonds. The molecule has 0 bridgehead atoms. The summed E-state index contributed by atoms with van der Waals surface area (Å²) >= 11 is 0. The van der Waals surface area contributed by atoms with Crippen LogP contribution in [0.5, 0.6) is 0 Å². The maximum absolute atomic E-state index is 13.0. The van der Waals surface area contributed by atoms with Gasteiger partial charge >= 0.3 is 12.1 Å². The molecule has 4 rings (SSSR count). The van der Waals surface area contributed by atoms with Crippen LogP contribution >= 0.6 is 0 Å². The standard InChI is InChI=1S/C28H25F3N2O4/c1-16(2)24(27(36)37-3)33-15-20-14-19(8-13-23(20)26(33)35)17-6-11-22(12-7-17)32-25(34)18-4-9-21(10-5-18)28(29,30)31/h4-14,16,24H,15H2,1-3H3,(H,32,34). The Hall–Kier alpha value is -4.14. The molecule has 1 N–H and O–H groups in total. The second kappa shape index (κ2) is 10.1. The van der Waals surface area contributed by atoms with Crippen LogP contribution in [-0.4, -0.2) is 35.8 Å². The Bertz CT molecular complexity index is 1330. The lowest BCUT2D eigenvalue weighted by Gasteiger charge is -2.28. The number of hydrogen-bond donors (Lipinski definition) is 1. The highest BCUT2D eigenvalue weighted by atomic mass is 19.4. The van der Waals surface area contributed by atoms with Crippen LogP contribution < -0.4 is 5.32 Å². The van der Waals surface area contributed by atoms with Crippen LogP contribution in [-0.2, 0) is 22.3 Å². The zero-order chi connectivity index (χ0) is 26.9. The first-order valence-corrected chi connectivity index (χ1v) is 11.6. The van der Waals surface area contributed by atoms with E-state index in [4.69, 9.17) is 4.74 Å². The van der Waals surface area contributed by atoms with Crippen LogP contribution in [0.2, 0.25) is 0 Å². The fourth-order valence-electron chi connectivity index (χ4n) is 4.39. The first-order valence-electron chi connectivity index (χ1n) is 11.6. The number of nitrogens with zero attached hydrogens (tertiary/aromatic N) is 1. The summed E-state index contributed by atoms with van der Waals surface area (Å²) in [6.07, 6.45) is -4.47. The van der Waals surface area contributed by atoms with Crippen molar-refractivity contribution in [3.63, 3.8) is 0 Å². The molecule has 3 aromatic rings. The van der Waals surface area contributed by atoms with Gasteiger partial charge in [0.25, 0.3) is 11.8 Å². The van der Waals surface area contributed by atoms with Crippen LogP contribution in [0.1, 0.15) is 45.7 Å². The zero-order valence-corrected chi connectivity index (χ0v) is 20.4. The molecule has 37 heavy (non-hydrogen) atoms. The van der Waals surface area contributed by atoms with Gasteiger partial charge in [-0.1, -0.05) is 32.0 Å². The third kappa shape index (κ3) is 5.35. The largest absolute Gasteiger partial charge is 0.467 e. The minimum atomic E-state index is -4.47. The van der Waals surface area contributed by atoms with E-state index in [-0.39, 0.29) is 17.4 Å². The number of carbonyl (C=O) groups is 3. The Morgan fingerprint density at radius 2 is 1.57 bits per heavy atom. The summed E-state index contributed by atoms with van der Waals surface area (Å²) in [4.78, 5) is 39.2. The predicted molar refractivity (Wildman–Crippen MR) is 132 cm³/mol. The number of methoxy groups -OCH3 is 1. The second-order valence-electron chi connectivity index (χ2n) is 9.12. The number of alkyl halides is 3. The third-order valence-corrected chi connectivity index (χ3v) is 6.30. The van der Waals surface area contributed by atoms with E-state index in [1.165, 1.54) is 12.0 Å². The van der Waals surface area contributed by atoms with Gasteiger partial charge in [-0.05, 0) is 71.1 Å². The van der Waals surface area contributed by atoms with Crippen molar-refractivity contribution in [3.05, 3.63) is 89.0 Å². The lowest BCUT2D eigenvalue weighted by atomic mass is 10.0. The molecule has 6 nitrogen and oxygen atoms in total. The van der Waals surface area contributed by atoms with Gasteiger partial charge in [0, 0.05) is 23.4 Å². The van der Waals surface area contributed by atoms with Gasteiger partial charge in [0.1, 0.15) is 6.04 Å². The molecule has 3 aromatic carbocycles. The summed E-state index contributed by atoms with van der Waals surface area (Å²) in [6.45, 7) is 4.02. The van der Waals surface area contributed by atoms with Crippen molar-refractivity contribution in [2.75, 3.05) is 12.4 Å². The molecular formula is C28H25F3N2O4. The number of benzene rings is 3. The van der Waals surface area contributed by atoms with Gasteiger partial charge in [-0.25, -0.2) is 4.79 Å². The summed E-state index contributed by atoms with van der Waals surface area (Å²) in [5, 5.41) is 2.67. The SMILES string of the molecule is COC(=O)C(C(C)C)N1Cc2cc(-c3ccc(NC(=O)c4ccc(C(F)(F)F)cc4)cc3)ccc2C1=O. The fourth-order valence-corrected chi connectivity index (χ4v) is 4.39. The highest BCUT2D eigenvalue weighted by molar-refractivity contribution is 6.04. The fraction of sp³-hybridized carbons (Fsp3) is 0.250. The molecule has 0 saturated heterocycles. The Kier molecular flexibility index (Phi) is 7.07. The first kappa shape index (κ1) is 25.9. The molecule has 1 unspecified atom stereocenters. The number of ether oxygens (including phenoxy) is 1. The summed E-state index contributed by atoms with van der Waals surface area (Å²) in [5.74, 6) is -1.31. The number of rotatable bonds is 6. The van der Waals surface area contributed by atoms with Crippen molar-refractivity contribution in [2.45, 2.75) is 32.6 Å². The number of fused-ring (bicyclic) bond motifs is 1. The summed E-state index contributed by atoms with van der Waals surface area (Å²) in [6, 6.07) is 15.7. The van der Waals surface area contributed by atoms with Crippen LogP contribution in [0.3, 0.4) is 0 Å². The molecule has 0 aromatic heterocycles. The number of carbonyl (C=O) groups excluding carboxylic acids is 3. The van der Waals surface area contributed by atoms with E-state index in [1.807, 2.05) is 26.0 Å². The van der Waals surface area contributed by atoms with E-state index in [0.717, 1.165) is 41.0 Å². The van der Waals surface area contributed by atoms with E-state index in [2.05, 4.69) is 5.32 Å². The maximum atomic E-state index is 13.0. The second-order valence-corrected chi connectivity index (χ2v) is 9.12. The highest BCUT2D eigenvalue weighted by Gasteiger charge is 2.38. The van der Waals surface area contributed by atoms with Crippen molar-refractivity contribution in [3.8, 4) is 11.1 Å². The van der Waals surface area contributed by atoms with Gasteiger partial charge in [0.2, 0.25) is 0 Å². The van der Waals surface area contributed by atoms with Gasteiger partial charge in [-0.3, -0.25) is 9.59 Å². The average Bonchev–Trinajstić information content (AvgIpc) is 3.18. The van der Waals surface area contributed by atoms with Gasteiger partial charge in [0.15, 0.2) is 0 Å². The van der Waals surface area contributed by atoms with Crippen LogP contribution in [0.25, 0.3) is 11.1 Å². The first-order chi connectivity index (χ1) is 17.5. The number of esters is 1. The van der Waals surface area contributed by atoms with Crippen molar-refractivity contribution in [1.82, 2.24) is 4.90 Å². The van der Waals surface area contributed by atoms with Crippen molar-refractivity contribution in [1.29, 1.82) is 0 Å². The number of nitrogens with one attached hydrogen (secondary N) is 1. The van der Waals surface area contributed by atoms with E-state index in [1.54, 1.807) is 30.3 Å². The third-order valence-electron chi connectivity index (χ3n) is 6.30. The molecule has 0 aliphatic carbocycles. The highest BCUT2D eigenvalue weighted by Crippen LogP contribution is 2.32. The lowest BCUT2D eigenvalue weighted by Crippen LogP contribution is -2.45. The van der Waals surface area contributed by atoms with Gasteiger partial charge < -0.3 is 15.0 Å². The van der Waals surface area contributed by atoms with Gasteiger partial charge in [-0.2, -0.15) is 13.2 Å². The molecule has 1 aliphatic heterocycles. The lowest BCUT2D eigenvalue weighted by molar-refractivity contribution is -0.147. The predicted octanol–water partition coefficient (Wildman–Crippen LogP) is 5.78. The number of amides is 2. The van der Waals surface area contributed by atoms with Crippen molar-refractivity contribution < 1.29 is 32.3 Å². The zero-order valence-electron chi connectivity index (χ0n) is 20.4. The molecule has 1 atom stereocenters. The van der Waals surface area contributed by atoms with E-state index < -0.39 is 29.7 Å². The maximum Gasteiger partial charge on any atom is 0.416 e. The number of hydrogen-bond acceptors (Lipinski definition) is 4. The molecule has 0 fully saturated rings. The molecule has 0 radical (unpaired) electrons. The summed E-state index contributed by atoms with van der Waals surface area (Å²) in [7, 11) is 1.30. The van der Waals surface area contributed by atoms with Crippen LogP contribution in [0.4, 0.5) is 18.9 Å². The topological polar surface area (TPSA) is 75.7 Å². The van der Waals surface area contributed by atoms with Crippen LogP contribution in [0.15, 0.2) is 66.7 Å². The average molecular weight is 511 g/mol. The molecule has 9 heteroatoms. The summed E-state index contributed by atoms with van der Waals surface area (Å²) in [5.41, 5.74) is 2.81. The monoisotopic (exact) mass is 510 g/mol. The summed E-state index contributed by atoms with van der Waals surface area (Å²) < 4.78 is 43.1. The Labute approximate surface area is 212 Å². The quantitative estimate of drug-likeness (QED) is 0.427. The molecular weight excluding hydrogens is 485 g/mol. The molecule has 192 valence electrons. The molecule has 1 aliphatic rings. The Morgan fingerprint density at radius 1 is 0.946 bits per heavy atom. The van der Waals surface area contributed by atoms with E-state index in [9.17, 15) is 27.6 Å². The van der Waals surface area contributed by atoms with E-state index in [0.29, 0.717) is 17.8 Å². The Balaban J connectivity index is 1.48. The minimum absolute atomic E-state index is 0.108. The van der Waals surface area contributed by atoms with Crippen LogP contribution in [0, 0.1) is 5.92 Å². The Morgan fingerprint density at radius 3 is 2.14 bits per heavy atom. The molecule has 1 heterocycles. The normalized spacial score (nSPS) is 13.9. The molecule has 0 saturated carbocycles. The van der Waals surface area contributed by atoms with E-state index >= 15 is 0 Å². The number of halogens is 3. The van der Waals surface area contributed by atoms with Gasteiger partial charge in [0.05, 0.1) is 12.7 Å². The van der Waals surface area contributed by atoms with Crippen molar-refractivity contribution >= 4 is 23.5 Å².